The van der Waals surface area contributed by atoms with E-state index >= 15 is 0 Å². The summed E-state index contributed by atoms with van der Waals surface area (Å²) in [6.07, 6.45) is 1.14. The predicted octanol–water partition coefficient (Wildman–Crippen LogP) is 3.64. The van der Waals surface area contributed by atoms with E-state index in [0.717, 1.165) is 23.3 Å². The summed E-state index contributed by atoms with van der Waals surface area (Å²) in [5.41, 5.74) is 9.53. The molecule has 1 unspecified atom stereocenters. The maximum atomic E-state index is 6.09. The van der Waals surface area contributed by atoms with Gasteiger partial charge >= 0.3 is 0 Å². The summed E-state index contributed by atoms with van der Waals surface area (Å²) in [7, 11) is 0. The highest BCUT2D eigenvalue weighted by Crippen LogP contribution is 2.31. The first-order chi connectivity index (χ1) is 9.47. The van der Waals surface area contributed by atoms with Crippen molar-refractivity contribution in [3.63, 3.8) is 0 Å². The Morgan fingerprint density at radius 3 is 2.60 bits per heavy atom. The second-order valence-corrected chi connectivity index (χ2v) is 6.66. The minimum atomic E-state index is 0.430. The van der Waals surface area contributed by atoms with E-state index in [9.17, 15) is 0 Å². The van der Waals surface area contributed by atoms with Crippen LogP contribution in [0.25, 0.3) is 11.0 Å². The molecular weight excluding hydrogens is 268 g/mol. The van der Waals surface area contributed by atoms with Crippen molar-refractivity contribution >= 4 is 28.6 Å². The first-order valence-corrected chi connectivity index (χ1v) is 8.31. The molecule has 0 fully saturated rings. The topological polar surface area (TPSA) is 56.7 Å². The molecule has 2 aromatic heterocycles. The summed E-state index contributed by atoms with van der Waals surface area (Å²) in [6.45, 7) is 10.6. The molecule has 0 amide bonds. The molecule has 5 heteroatoms. The van der Waals surface area contributed by atoms with E-state index in [0.29, 0.717) is 11.9 Å². The van der Waals surface area contributed by atoms with Crippen LogP contribution < -0.4 is 5.73 Å². The third-order valence-electron chi connectivity index (χ3n) is 3.86. The number of nitrogens with zero attached hydrogens (tertiary/aromatic N) is 3. The van der Waals surface area contributed by atoms with Gasteiger partial charge in [-0.2, -0.15) is 11.8 Å². The van der Waals surface area contributed by atoms with Gasteiger partial charge in [0.25, 0.3) is 0 Å². The van der Waals surface area contributed by atoms with Crippen molar-refractivity contribution in [2.45, 2.75) is 47.1 Å². The first kappa shape index (κ1) is 15.2. The number of hydrogen-bond donors (Lipinski definition) is 1. The van der Waals surface area contributed by atoms with Crippen LogP contribution in [0, 0.1) is 20.8 Å². The van der Waals surface area contributed by atoms with Gasteiger partial charge in [0.1, 0.15) is 17.3 Å². The molecular formula is C15H24N4S. The monoisotopic (exact) mass is 292 g/mol. The second kappa shape index (κ2) is 6.04. The molecule has 0 saturated carbocycles. The van der Waals surface area contributed by atoms with Gasteiger partial charge in [0, 0.05) is 11.7 Å². The van der Waals surface area contributed by atoms with Crippen LogP contribution in [0.15, 0.2) is 0 Å². The van der Waals surface area contributed by atoms with Crippen LogP contribution >= 0.6 is 11.8 Å². The lowest BCUT2D eigenvalue weighted by Crippen LogP contribution is -2.09. The highest BCUT2D eigenvalue weighted by molar-refractivity contribution is 7.99. The number of hydrogen-bond acceptors (Lipinski definition) is 4. The Labute approximate surface area is 125 Å². The van der Waals surface area contributed by atoms with Crippen molar-refractivity contribution in [3.05, 3.63) is 17.1 Å². The lowest BCUT2D eigenvalue weighted by Gasteiger charge is -2.17. The maximum Gasteiger partial charge on any atom is 0.146 e. The van der Waals surface area contributed by atoms with Crippen molar-refractivity contribution < 1.29 is 0 Å². The largest absolute Gasteiger partial charge is 0.383 e. The molecule has 110 valence electrons. The summed E-state index contributed by atoms with van der Waals surface area (Å²) in [4.78, 5) is 8.93. The zero-order chi connectivity index (χ0) is 14.9. The van der Waals surface area contributed by atoms with Gasteiger partial charge in [-0.25, -0.2) is 9.97 Å². The molecule has 0 aliphatic carbocycles. The Bertz CT molecular complexity index is 618. The van der Waals surface area contributed by atoms with E-state index in [2.05, 4.69) is 42.2 Å². The number of aryl methyl sites for hydroxylation is 2. The van der Waals surface area contributed by atoms with Crippen LogP contribution in [0.4, 0.5) is 5.82 Å². The molecule has 2 N–H and O–H groups in total. The van der Waals surface area contributed by atoms with Gasteiger partial charge in [0.15, 0.2) is 0 Å². The molecule has 20 heavy (non-hydrogen) atoms. The highest BCUT2D eigenvalue weighted by atomic mass is 32.2. The SMILES string of the molecule is CCSCCC(C)n1c(C)c(C)c2c(N)nc(C)nc21. The number of thioether (sulfide) groups is 1. The molecule has 0 saturated heterocycles. The Balaban J connectivity index is 2.49. The van der Waals surface area contributed by atoms with Gasteiger partial charge in [-0.15, -0.1) is 0 Å². The molecule has 1 atom stereocenters. The van der Waals surface area contributed by atoms with E-state index < -0.39 is 0 Å². The van der Waals surface area contributed by atoms with Gasteiger partial charge in [0.05, 0.1) is 5.39 Å². The number of nitrogens with two attached hydrogens (primary N) is 1. The fraction of sp³-hybridized carbons (Fsp3) is 0.600. The van der Waals surface area contributed by atoms with E-state index in [-0.39, 0.29) is 0 Å². The van der Waals surface area contributed by atoms with Gasteiger partial charge in [-0.05, 0) is 51.2 Å². The second-order valence-electron chi connectivity index (χ2n) is 5.27. The first-order valence-electron chi connectivity index (χ1n) is 7.16. The van der Waals surface area contributed by atoms with E-state index in [1.54, 1.807) is 0 Å². The van der Waals surface area contributed by atoms with E-state index in [1.807, 2.05) is 18.7 Å². The van der Waals surface area contributed by atoms with Crippen LogP contribution in [0.2, 0.25) is 0 Å². The van der Waals surface area contributed by atoms with Crippen molar-refractivity contribution in [2.75, 3.05) is 17.2 Å². The molecule has 0 aromatic carbocycles. The lowest BCUT2D eigenvalue weighted by molar-refractivity contribution is 0.536. The summed E-state index contributed by atoms with van der Waals surface area (Å²) < 4.78 is 2.33. The summed E-state index contributed by atoms with van der Waals surface area (Å²) in [5.74, 6) is 3.69. The molecule has 4 nitrogen and oxygen atoms in total. The number of rotatable bonds is 5. The van der Waals surface area contributed by atoms with Gasteiger partial charge in [0.2, 0.25) is 0 Å². The zero-order valence-corrected chi connectivity index (χ0v) is 13.8. The van der Waals surface area contributed by atoms with Crippen LogP contribution in [0.1, 0.15) is 43.4 Å². The van der Waals surface area contributed by atoms with Gasteiger partial charge in [-0.1, -0.05) is 6.92 Å². The Hall–Kier alpha value is -1.23. The fourth-order valence-electron chi connectivity index (χ4n) is 2.70. The Kier molecular flexibility index (Phi) is 4.58. The molecule has 2 aromatic rings. The van der Waals surface area contributed by atoms with Crippen LogP contribution in [0.3, 0.4) is 0 Å². The minimum Gasteiger partial charge on any atom is -0.383 e. The highest BCUT2D eigenvalue weighted by Gasteiger charge is 2.19. The van der Waals surface area contributed by atoms with Crippen molar-refractivity contribution in [1.82, 2.24) is 14.5 Å². The maximum absolute atomic E-state index is 6.09. The standard InChI is InChI=1S/C15H24N4S/c1-6-20-8-7-9(2)19-11(4)10(3)13-14(16)17-12(5)18-15(13)19/h9H,6-8H2,1-5H3,(H2,16,17,18). The predicted molar refractivity (Wildman–Crippen MR) is 88.5 cm³/mol. The van der Waals surface area contributed by atoms with Crippen LogP contribution in [-0.2, 0) is 0 Å². The normalized spacial score (nSPS) is 13.1. The molecule has 2 rings (SSSR count). The van der Waals surface area contributed by atoms with E-state index in [4.69, 9.17) is 5.73 Å². The average Bonchev–Trinajstić information content (AvgIpc) is 2.62. The lowest BCUT2D eigenvalue weighted by atomic mass is 10.2. The number of nitrogen functional groups attached to an aromatic ring is 1. The van der Waals surface area contributed by atoms with Gasteiger partial charge in [-0.3, -0.25) is 0 Å². The third-order valence-corrected chi connectivity index (χ3v) is 4.79. The molecule has 0 bridgehead atoms. The molecule has 2 heterocycles. The quantitative estimate of drug-likeness (QED) is 0.855. The van der Waals surface area contributed by atoms with Crippen LogP contribution in [0.5, 0.6) is 0 Å². The Morgan fingerprint density at radius 2 is 1.95 bits per heavy atom. The third kappa shape index (κ3) is 2.64. The summed E-state index contributed by atoms with van der Waals surface area (Å²) in [5, 5.41) is 1.02. The van der Waals surface area contributed by atoms with Crippen LogP contribution in [-0.4, -0.2) is 26.0 Å². The minimum absolute atomic E-state index is 0.430. The zero-order valence-electron chi connectivity index (χ0n) is 13.0. The number of aromatic nitrogens is 3. The van der Waals surface area contributed by atoms with Gasteiger partial charge < -0.3 is 10.3 Å². The smallest absolute Gasteiger partial charge is 0.146 e. The number of fused-ring (bicyclic) bond motifs is 1. The summed E-state index contributed by atoms with van der Waals surface area (Å²) >= 11 is 1.98. The molecule has 0 aliphatic heterocycles. The Morgan fingerprint density at radius 1 is 1.25 bits per heavy atom. The molecule has 0 aliphatic rings. The van der Waals surface area contributed by atoms with Crippen molar-refractivity contribution in [1.29, 1.82) is 0 Å². The molecule has 0 spiro atoms. The summed E-state index contributed by atoms with van der Waals surface area (Å²) in [6, 6.07) is 0.430. The molecule has 0 radical (unpaired) electrons. The van der Waals surface area contributed by atoms with E-state index in [1.165, 1.54) is 22.8 Å². The number of anilines is 1. The average molecular weight is 292 g/mol. The van der Waals surface area contributed by atoms with Crippen molar-refractivity contribution in [3.8, 4) is 0 Å². The van der Waals surface area contributed by atoms with Crippen molar-refractivity contribution in [2.24, 2.45) is 0 Å². The fourth-order valence-corrected chi connectivity index (χ4v) is 3.50.